The topological polar surface area (TPSA) is 29.3 Å². The molecule has 2 nitrogen and oxygen atoms in total. The van der Waals surface area contributed by atoms with Crippen molar-refractivity contribution in [3.05, 3.63) is 48.0 Å². The molecule has 1 saturated heterocycles. The molecule has 1 aliphatic heterocycles. The first kappa shape index (κ1) is 12.4. The molecule has 2 heteroatoms. The Bertz CT molecular complexity index is 616. The van der Waals surface area contributed by atoms with Crippen LogP contribution in [0.2, 0.25) is 0 Å². The average Bonchev–Trinajstić information content (AvgIpc) is 3.11. The fourth-order valence-electron chi connectivity index (χ4n) is 4.33. The minimum Gasteiger partial charge on any atom is -0.329 e. The molecule has 0 aromatic heterocycles. The zero-order valence-corrected chi connectivity index (χ0v) is 11.8. The number of hydrogen-bond donors (Lipinski definition) is 1. The van der Waals surface area contributed by atoms with Gasteiger partial charge in [0.1, 0.15) is 0 Å². The van der Waals surface area contributed by atoms with Crippen molar-refractivity contribution in [2.75, 3.05) is 13.1 Å². The first-order valence-corrected chi connectivity index (χ1v) is 7.80. The monoisotopic (exact) mass is 266 g/mol. The van der Waals surface area contributed by atoms with Crippen LogP contribution in [0.15, 0.2) is 42.5 Å². The smallest absolute Gasteiger partial charge is 0.0479 e. The van der Waals surface area contributed by atoms with Gasteiger partial charge in [0.2, 0.25) is 0 Å². The van der Waals surface area contributed by atoms with Gasteiger partial charge in [0.15, 0.2) is 0 Å². The minimum atomic E-state index is 0.386. The highest BCUT2D eigenvalue weighted by Crippen LogP contribution is 2.42. The summed E-state index contributed by atoms with van der Waals surface area (Å²) < 4.78 is 0. The van der Waals surface area contributed by atoms with Crippen LogP contribution in [0.1, 0.15) is 30.9 Å². The zero-order valence-electron chi connectivity index (χ0n) is 11.8. The van der Waals surface area contributed by atoms with Gasteiger partial charge in [0.25, 0.3) is 0 Å². The first-order valence-electron chi connectivity index (χ1n) is 7.80. The van der Waals surface area contributed by atoms with E-state index in [0.29, 0.717) is 6.04 Å². The molecule has 2 aliphatic rings. The van der Waals surface area contributed by atoms with Crippen molar-refractivity contribution in [1.82, 2.24) is 4.90 Å². The maximum Gasteiger partial charge on any atom is 0.0479 e. The fourth-order valence-corrected chi connectivity index (χ4v) is 4.33. The number of hydrogen-bond acceptors (Lipinski definition) is 2. The average molecular weight is 266 g/mol. The van der Waals surface area contributed by atoms with Crippen LogP contribution < -0.4 is 5.73 Å². The molecular formula is C18H22N2. The zero-order chi connectivity index (χ0) is 13.5. The quantitative estimate of drug-likeness (QED) is 0.923. The molecule has 1 saturated carbocycles. The summed E-state index contributed by atoms with van der Waals surface area (Å²) in [4.78, 5) is 2.68. The van der Waals surface area contributed by atoms with Crippen LogP contribution in [0.4, 0.5) is 0 Å². The van der Waals surface area contributed by atoms with E-state index in [1.807, 2.05) is 0 Å². The summed E-state index contributed by atoms with van der Waals surface area (Å²) in [6.07, 6.45) is 4.18. The standard InChI is InChI=1S/C18H22N2/c19-11-18(20-12-13-8-9-15(20)10-13)17-7-3-5-14-4-1-2-6-16(14)17/h1-7,13,15,18H,8-12,19H2. The highest BCUT2D eigenvalue weighted by Gasteiger charge is 2.41. The summed E-state index contributed by atoms with van der Waals surface area (Å²) in [7, 11) is 0. The molecule has 0 amide bonds. The molecule has 1 aliphatic carbocycles. The second kappa shape index (κ2) is 4.87. The van der Waals surface area contributed by atoms with E-state index in [2.05, 4.69) is 47.4 Å². The molecule has 20 heavy (non-hydrogen) atoms. The summed E-state index contributed by atoms with van der Waals surface area (Å²) >= 11 is 0. The third-order valence-electron chi connectivity index (χ3n) is 5.26. The lowest BCUT2D eigenvalue weighted by Crippen LogP contribution is -2.39. The Balaban J connectivity index is 1.76. The van der Waals surface area contributed by atoms with E-state index in [1.54, 1.807) is 0 Å². The molecule has 2 aromatic carbocycles. The van der Waals surface area contributed by atoms with E-state index in [-0.39, 0.29) is 0 Å². The van der Waals surface area contributed by atoms with Crippen molar-refractivity contribution >= 4 is 10.8 Å². The van der Waals surface area contributed by atoms with Crippen molar-refractivity contribution in [2.45, 2.75) is 31.3 Å². The Labute approximate surface area is 120 Å². The molecule has 0 spiro atoms. The van der Waals surface area contributed by atoms with Gasteiger partial charge in [0, 0.05) is 25.2 Å². The van der Waals surface area contributed by atoms with Crippen LogP contribution in [0.3, 0.4) is 0 Å². The van der Waals surface area contributed by atoms with Crippen molar-refractivity contribution < 1.29 is 0 Å². The van der Waals surface area contributed by atoms with E-state index in [4.69, 9.17) is 5.73 Å². The van der Waals surface area contributed by atoms with E-state index < -0.39 is 0 Å². The van der Waals surface area contributed by atoms with Gasteiger partial charge in [-0.25, -0.2) is 0 Å². The number of rotatable bonds is 3. The Morgan fingerprint density at radius 2 is 1.95 bits per heavy atom. The van der Waals surface area contributed by atoms with Gasteiger partial charge in [-0.2, -0.15) is 0 Å². The van der Waals surface area contributed by atoms with Gasteiger partial charge in [-0.05, 0) is 41.5 Å². The van der Waals surface area contributed by atoms with Crippen molar-refractivity contribution in [3.63, 3.8) is 0 Å². The lowest BCUT2D eigenvalue weighted by molar-refractivity contribution is 0.154. The molecule has 2 N–H and O–H groups in total. The SMILES string of the molecule is NCC(c1cccc2ccccc12)N1CC2CCC1C2. The fraction of sp³-hybridized carbons (Fsp3) is 0.444. The first-order chi connectivity index (χ1) is 9.86. The maximum atomic E-state index is 6.17. The molecular weight excluding hydrogens is 244 g/mol. The second-order valence-electron chi connectivity index (χ2n) is 6.35. The second-order valence-corrected chi connectivity index (χ2v) is 6.35. The number of nitrogens with two attached hydrogens (primary N) is 1. The molecule has 3 atom stereocenters. The van der Waals surface area contributed by atoms with E-state index in [9.17, 15) is 0 Å². The van der Waals surface area contributed by atoms with E-state index in [0.717, 1.165) is 18.5 Å². The largest absolute Gasteiger partial charge is 0.329 e. The van der Waals surface area contributed by atoms with Gasteiger partial charge in [-0.1, -0.05) is 42.5 Å². The molecule has 2 aromatic rings. The van der Waals surface area contributed by atoms with Crippen LogP contribution in [-0.2, 0) is 0 Å². The van der Waals surface area contributed by atoms with E-state index >= 15 is 0 Å². The Hall–Kier alpha value is -1.38. The third-order valence-corrected chi connectivity index (χ3v) is 5.26. The summed E-state index contributed by atoms with van der Waals surface area (Å²) in [5, 5.41) is 2.70. The van der Waals surface area contributed by atoms with Crippen LogP contribution in [0, 0.1) is 5.92 Å². The van der Waals surface area contributed by atoms with Crippen LogP contribution in [0.25, 0.3) is 10.8 Å². The number of likely N-dealkylation sites (tertiary alicyclic amines) is 1. The van der Waals surface area contributed by atoms with Crippen molar-refractivity contribution in [1.29, 1.82) is 0 Å². The molecule has 3 unspecified atom stereocenters. The molecule has 104 valence electrons. The predicted molar refractivity (Wildman–Crippen MR) is 83.6 cm³/mol. The van der Waals surface area contributed by atoms with Crippen molar-refractivity contribution in [2.24, 2.45) is 11.7 Å². The van der Waals surface area contributed by atoms with Crippen LogP contribution in [-0.4, -0.2) is 24.0 Å². The predicted octanol–water partition coefficient (Wildman–Crippen LogP) is 3.32. The maximum absolute atomic E-state index is 6.17. The van der Waals surface area contributed by atoms with E-state index in [1.165, 1.54) is 42.1 Å². The number of benzene rings is 2. The lowest BCUT2D eigenvalue weighted by Gasteiger charge is -2.35. The Morgan fingerprint density at radius 3 is 2.70 bits per heavy atom. The van der Waals surface area contributed by atoms with Gasteiger partial charge < -0.3 is 5.73 Å². The normalized spacial score (nSPS) is 27.2. The molecule has 1 heterocycles. The molecule has 2 fully saturated rings. The molecule has 4 rings (SSSR count). The third kappa shape index (κ3) is 1.87. The molecule has 0 radical (unpaired) electrons. The lowest BCUT2D eigenvalue weighted by atomic mass is 9.96. The number of nitrogens with zero attached hydrogens (tertiary/aromatic N) is 1. The highest BCUT2D eigenvalue weighted by molar-refractivity contribution is 5.86. The highest BCUT2D eigenvalue weighted by atomic mass is 15.2. The van der Waals surface area contributed by atoms with Crippen molar-refractivity contribution in [3.8, 4) is 0 Å². The van der Waals surface area contributed by atoms with Crippen LogP contribution in [0.5, 0.6) is 0 Å². The van der Waals surface area contributed by atoms with Gasteiger partial charge >= 0.3 is 0 Å². The Morgan fingerprint density at radius 1 is 1.10 bits per heavy atom. The van der Waals surface area contributed by atoms with Crippen LogP contribution >= 0.6 is 0 Å². The summed E-state index contributed by atoms with van der Waals surface area (Å²) in [6.45, 7) is 1.97. The minimum absolute atomic E-state index is 0.386. The summed E-state index contributed by atoms with van der Waals surface area (Å²) in [5.74, 6) is 0.920. The number of piperidine rings is 1. The van der Waals surface area contributed by atoms with Gasteiger partial charge in [-0.15, -0.1) is 0 Å². The van der Waals surface area contributed by atoms with Gasteiger partial charge in [0.05, 0.1) is 0 Å². The molecule has 2 bridgehead atoms. The van der Waals surface area contributed by atoms with Gasteiger partial charge in [-0.3, -0.25) is 4.90 Å². The Kier molecular flexibility index (Phi) is 3.01. The summed E-state index contributed by atoms with van der Waals surface area (Å²) in [6, 6.07) is 16.5. The summed E-state index contributed by atoms with van der Waals surface area (Å²) in [5.41, 5.74) is 7.58. The number of fused-ring (bicyclic) bond motifs is 3.